The smallest absolute Gasteiger partial charge is 0.240 e. The number of anilines is 1. The fraction of sp³-hybridized carbons (Fsp3) is 0.235. The minimum atomic E-state index is -0.294. The molecular formula is C17H18BrN3O2S. The minimum Gasteiger partial charge on any atom is -0.326 e. The standard InChI is InChI=1S/C17H18BrN3O2S/c1-11-3-4-12(2)14(9-11)20-16(22)7-8-17(23)21-19-10-13-5-6-15(18)24-13/h3-6,9-10H,7-8H2,1-2H3,(H,20,22)(H,21,23). The van der Waals surface area contributed by atoms with Crippen molar-refractivity contribution in [2.45, 2.75) is 26.7 Å². The topological polar surface area (TPSA) is 70.6 Å². The Labute approximate surface area is 153 Å². The van der Waals surface area contributed by atoms with Crippen LogP contribution >= 0.6 is 27.3 Å². The third kappa shape index (κ3) is 5.90. The van der Waals surface area contributed by atoms with Gasteiger partial charge in [0.1, 0.15) is 0 Å². The molecule has 0 fully saturated rings. The monoisotopic (exact) mass is 407 g/mol. The predicted molar refractivity (Wildman–Crippen MR) is 102 cm³/mol. The zero-order chi connectivity index (χ0) is 17.5. The number of rotatable bonds is 6. The van der Waals surface area contributed by atoms with Crippen LogP contribution in [0.1, 0.15) is 28.8 Å². The number of nitrogens with one attached hydrogen (secondary N) is 2. The van der Waals surface area contributed by atoms with Crippen molar-refractivity contribution in [1.29, 1.82) is 0 Å². The summed E-state index contributed by atoms with van der Waals surface area (Å²) in [5.41, 5.74) is 5.26. The van der Waals surface area contributed by atoms with Gasteiger partial charge >= 0.3 is 0 Å². The molecule has 2 amide bonds. The Bertz CT molecular complexity index is 771. The molecule has 0 radical (unpaired) electrons. The molecular weight excluding hydrogens is 390 g/mol. The van der Waals surface area contributed by atoms with E-state index < -0.39 is 0 Å². The molecule has 0 saturated heterocycles. The Balaban J connectivity index is 1.75. The van der Waals surface area contributed by atoms with E-state index in [1.165, 1.54) is 11.3 Å². The molecule has 2 N–H and O–H groups in total. The third-order valence-electron chi connectivity index (χ3n) is 3.22. The van der Waals surface area contributed by atoms with Crippen LogP contribution in [0.15, 0.2) is 39.2 Å². The van der Waals surface area contributed by atoms with Crippen LogP contribution in [0.4, 0.5) is 5.69 Å². The van der Waals surface area contributed by atoms with E-state index in [2.05, 4.69) is 31.8 Å². The van der Waals surface area contributed by atoms with Crippen molar-refractivity contribution in [1.82, 2.24) is 5.43 Å². The number of carbonyl (C=O) groups is 2. The van der Waals surface area contributed by atoms with Gasteiger partial charge in [-0.3, -0.25) is 9.59 Å². The molecule has 24 heavy (non-hydrogen) atoms. The molecule has 7 heteroatoms. The van der Waals surface area contributed by atoms with Crippen LogP contribution in [-0.4, -0.2) is 18.0 Å². The van der Waals surface area contributed by atoms with Gasteiger partial charge in [-0.25, -0.2) is 5.43 Å². The van der Waals surface area contributed by atoms with Gasteiger partial charge in [0.15, 0.2) is 0 Å². The van der Waals surface area contributed by atoms with Crippen molar-refractivity contribution in [3.63, 3.8) is 0 Å². The van der Waals surface area contributed by atoms with E-state index in [1.807, 2.05) is 44.2 Å². The molecule has 0 unspecified atom stereocenters. The maximum atomic E-state index is 11.9. The Morgan fingerprint density at radius 3 is 2.62 bits per heavy atom. The lowest BCUT2D eigenvalue weighted by atomic mass is 10.1. The molecule has 0 saturated carbocycles. The van der Waals surface area contributed by atoms with Crippen molar-refractivity contribution >= 4 is 51.0 Å². The van der Waals surface area contributed by atoms with Gasteiger partial charge in [0.25, 0.3) is 0 Å². The highest BCUT2D eigenvalue weighted by molar-refractivity contribution is 9.11. The van der Waals surface area contributed by atoms with Gasteiger partial charge in [0, 0.05) is 23.4 Å². The molecule has 0 aliphatic heterocycles. The van der Waals surface area contributed by atoms with E-state index >= 15 is 0 Å². The number of thiophene rings is 1. The number of hydrazone groups is 1. The number of benzene rings is 1. The maximum absolute atomic E-state index is 11.9. The second-order valence-corrected chi connectivity index (χ2v) is 7.80. The normalized spacial score (nSPS) is 10.8. The van der Waals surface area contributed by atoms with Gasteiger partial charge in [-0.15, -0.1) is 11.3 Å². The van der Waals surface area contributed by atoms with E-state index in [-0.39, 0.29) is 24.7 Å². The number of halogens is 1. The second kappa shape index (κ2) is 8.75. The van der Waals surface area contributed by atoms with Crippen molar-refractivity contribution in [2.75, 3.05) is 5.32 Å². The minimum absolute atomic E-state index is 0.0855. The second-order valence-electron chi connectivity index (χ2n) is 5.30. The fourth-order valence-electron chi connectivity index (χ4n) is 1.93. The highest BCUT2D eigenvalue weighted by atomic mass is 79.9. The first kappa shape index (κ1) is 18.4. The highest BCUT2D eigenvalue weighted by Gasteiger charge is 2.08. The zero-order valence-corrected chi connectivity index (χ0v) is 15.8. The van der Waals surface area contributed by atoms with Gasteiger partial charge in [-0.05, 0) is 59.1 Å². The number of amides is 2. The number of hydrogen-bond donors (Lipinski definition) is 2. The van der Waals surface area contributed by atoms with Gasteiger partial charge in [0.05, 0.1) is 10.0 Å². The maximum Gasteiger partial charge on any atom is 0.240 e. The summed E-state index contributed by atoms with van der Waals surface area (Å²) >= 11 is 4.87. The summed E-state index contributed by atoms with van der Waals surface area (Å²) in [7, 11) is 0. The molecule has 0 bridgehead atoms. The molecule has 1 aromatic carbocycles. The van der Waals surface area contributed by atoms with Crippen LogP contribution in [-0.2, 0) is 9.59 Å². The van der Waals surface area contributed by atoms with Crippen LogP contribution < -0.4 is 10.7 Å². The summed E-state index contributed by atoms with van der Waals surface area (Å²) in [5.74, 6) is -0.483. The summed E-state index contributed by atoms with van der Waals surface area (Å²) in [6, 6.07) is 9.65. The summed E-state index contributed by atoms with van der Waals surface area (Å²) in [6.07, 6.45) is 1.77. The molecule has 0 atom stereocenters. The Morgan fingerprint density at radius 1 is 1.17 bits per heavy atom. The highest BCUT2D eigenvalue weighted by Crippen LogP contribution is 2.20. The first-order valence-electron chi connectivity index (χ1n) is 7.38. The molecule has 2 aromatic rings. The fourth-order valence-corrected chi connectivity index (χ4v) is 3.23. The lowest BCUT2D eigenvalue weighted by molar-refractivity contribution is -0.124. The predicted octanol–water partition coefficient (Wildman–Crippen LogP) is 4.00. The van der Waals surface area contributed by atoms with Crippen LogP contribution in [0.25, 0.3) is 0 Å². The largest absolute Gasteiger partial charge is 0.326 e. The molecule has 0 aliphatic rings. The molecule has 0 aliphatic carbocycles. The Hall–Kier alpha value is -1.99. The van der Waals surface area contributed by atoms with Crippen LogP contribution in [0.3, 0.4) is 0 Å². The first-order chi connectivity index (χ1) is 11.4. The first-order valence-corrected chi connectivity index (χ1v) is 8.99. The Kier molecular flexibility index (Phi) is 6.69. The molecule has 1 heterocycles. The Morgan fingerprint density at radius 2 is 1.92 bits per heavy atom. The number of nitrogens with zero attached hydrogens (tertiary/aromatic N) is 1. The van der Waals surface area contributed by atoms with Crippen LogP contribution in [0.5, 0.6) is 0 Å². The molecule has 0 spiro atoms. The van der Waals surface area contributed by atoms with E-state index in [9.17, 15) is 9.59 Å². The van der Waals surface area contributed by atoms with Crippen molar-refractivity contribution < 1.29 is 9.59 Å². The van der Waals surface area contributed by atoms with Crippen molar-refractivity contribution in [3.8, 4) is 0 Å². The third-order valence-corrected chi connectivity index (χ3v) is 4.78. The molecule has 1 aromatic heterocycles. The number of aryl methyl sites for hydroxylation is 2. The van der Waals surface area contributed by atoms with Crippen molar-refractivity contribution in [2.24, 2.45) is 5.10 Å². The SMILES string of the molecule is Cc1ccc(C)c(NC(=O)CCC(=O)NN=Cc2ccc(Br)s2)c1. The van der Waals surface area contributed by atoms with Crippen LogP contribution in [0.2, 0.25) is 0 Å². The number of carbonyl (C=O) groups excluding carboxylic acids is 2. The zero-order valence-electron chi connectivity index (χ0n) is 13.4. The van der Waals surface area contributed by atoms with E-state index in [1.54, 1.807) is 6.21 Å². The quantitative estimate of drug-likeness (QED) is 0.561. The van der Waals surface area contributed by atoms with E-state index in [0.717, 1.165) is 25.5 Å². The molecule has 5 nitrogen and oxygen atoms in total. The van der Waals surface area contributed by atoms with Gasteiger partial charge in [0.2, 0.25) is 11.8 Å². The average Bonchev–Trinajstić information content (AvgIpc) is 2.94. The molecule has 2 rings (SSSR count). The van der Waals surface area contributed by atoms with Gasteiger partial charge in [-0.2, -0.15) is 5.10 Å². The summed E-state index contributed by atoms with van der Waals surface area (Å²) in [6.45, 7) is 3.89. The van der Waals surface area contributed by atoms with Gasteiger partial charge in [-0.1, -0.05) is 12.1 Å². The van der Waals surface area contributed by atoms with E-state index in [4.69, 9.17) is 0 Å². The summed E-state index contributed by atoms with van der Waals surface area (Å²) in [5, 5.41) is 6.71. The number of hydrogen-bond acceptors (Lipinski definition) is 4. The summed E-state index contributed by atoms with van der Waals surface area (Å²) < 4.78 is 0.999. The molecule has 126 valence electrons. The average molecular weight is 408 g/mol. The summed E-state index contributed by atoms with van der Waals surface area (Å²) in [4.78, 5) is 24.6. The van der Waals surface area contributed by atoms with Crippen molar-refractivity contribution in [3.05, 3.63) is 50.1 Å². The van der Waals surface area contributed by atoms with E-state index in [0.29, 0.717) is 0 Å². The van der Waals surface area contributed by atoms with Gasteiger partial charge < -0.3 is 5.32 Å². The lowest BCUT2D eigenvalue weighted by Gasteiger charge is -2.09. The lowest BCUT2D eigenvalue weighted by Crippen LogP contribution is -2.20. The van der Waals surface area contributed by atoms with Crippen LogP contribution in [0, 0.1) is 13.8 Å².